The van der Waals surface area contributed by atoms with E-state index >= 15 is 0 Å². The van der Waals surface area contributed by atoms with Gasteiger partial charge in [-0.25, -0.2) is 9.37 Å². The maximum absolute atomic E-state index is 13.4. The van der Waals surface area contributed by atoms with Crippen molar-refractivity contribution in [2.24, 2.45) is 0 Å². The van der Waals surface area contributed by atoms with E-state index in [9.17, 15) is 14.0 Å². The molecule has 8 nitrogen and oxygen atoms in total. The molecule has 0 unspecified atom stereocenters. The molecule has 36 heavy (non-hydrogen) atoms. The number of ether oxygens (including phenoxy) is 1. The molecule has 0 spiro atoms. The minimum atomic E-state index is -0.343. The van der Waals surface area contributed by atoms with Gasteiger partial charge in [-0.15, -0.1) is 0 Å². The highest BCUT2D eigenvalue weighted by atomic mass is 19.1. The number of methoxy groups -OCH3 is 1. The van der Waals surface area contributed by atoms with Gasteiger partial charge < -0.3 is 19.4 Å². The Kier molecular flexibility index (Phi) is 8.10. The second-order valence-corrected chi connectivity index (χ2v) is 8.71. The van der Waals surface area contributed by atoms with E-state index in [-0.39, 0.29) is 42.8 Å². The third kappa shape index (κ3) is 6.35. The Labute approximate surface area is 210 Å². The molecular formula is C27H30FN5O3. The number of rotatable bonds is 8. The average molecular weight is 492 g/mol. The molecule has 0 bridgehead atoms. The number of anilines is 1. The third-order valence-electron chi connectivity index (χ3n) is 6.24. The van der Waals surface area contributed by atoms with Gasteiger partial charge in [-0.2, -0.15) is 0 Å². The lowest BCUT2D eigenvalue weighted by Gasteiger charge is -2.36. The van der Waals surface area contributed by atoms with Gasteiger partial charge in [0, 0.05) is 57.6 Å². The van der Waals surface area contributed by atoms with Crippen LogP contribution in [0.25, 0.3) is 0 Å². The number of benzene rings is 2. The van der Waals surface area contributed by atoms with Crippen LogP contribution in [0.15, 0.2) is 60.9 Å². The van der Waals surface area contributed by atoms with Gasteiger partial charge in [-0.05, 0) is 48.9 Å². The molecule has 3 aromatic rings. The van der Waals surface area contributed by atoms with Crippen LogP contribution in [0.3, 0.4) is 0 Å². The number of hydrogen-bond donors (Lipinski definition) is 0. The molecule has 0 N–H and O–H groups in total. The molecule has 1 aromatic heterocycles. The second-order valence-electron chi connectivity index (χ2n) is 8.71. The van der Waals surface area contributed by atoms with Gasteiger partial charge in [0.05, 0.1) is 19.0 Å². The lowest BCUT2D eigenvalue weighted by Crippen LogP contribution is -2.49. The normalized spacial score (nSPS) is 13.4. The van der Waals surface area contributed by atoms with E-state index in [0.29, 0.717) is 18.8 Å². The Morgan fingerprint density at radius 3 is 2.28 bits per heavy atom. The summed E-state index contributed by atoms with van der Waals surface area (Å²) in [7, 11) is 1.64. The largest absolute Gasteiger partial charge is 0.497 e. The third-order valence-corrected chi connectivity index (χ3v) is 6.24. The molecule has 2 aromatic carbocycles. The fraction of sp³-hybridized carbons (Fsp3) is 0.333. The van der Waals surface area contributed by atoms with Crippen molar-refractivity contribution in [1.29, 1.82) is 0 Å². The average Bonchev–Trinajstić information content (AvgIpc) is 2.92. The number of carbonyl (C=O) groups excluding carboxylic acids is 2. The number of amides is 2. The Balaban J connectivity index is 1.36. The molecular weight excluding hydrogens is 461 g/mol. The number of hydrogen-bond acceptors (Lipinski definition) is 6. The zero-order valence-electron chi connectivity index (χ0n) is 20.6. The highest BCUT2D eigenvalue weighted by Gasteiger charge is 2.24. The summed E-state index contributed by atoms with van der Waals surface area (Å²) < 4.78 is 18.6. The first kappa shape index (κ1) is 25.1. The van der Waals surface area contributed by atoms with Crippen molar-refractivity contribution in [2.75, 3.05) is 44.7 Å². The predicted octanol–water partition coefficient (Wildman–Crippen LogP) is 3.31. The predicted molar refractivity (Wildman–Crippen MR) is 134 cm³/mol. The van der Waals surface area contributed by atoms with Crippen molar-refractivity contribution in [3.05, 3.63) is 83.7 Å². The monoisotopic (exact) mass is 491 g/mol. The Morgan fingerprint density at radius 2 is 1.67 bits per heavy atom. The first-order chi connectivity index (χ1) is 17.4. The Bertz CT molecular complexity index is 1160. The van der Waals surface area contributed by atoms with Crippen molar-refractivity contribution in [2.45, 2.75) is 19.9 Å². The summed E-state index contributed by atoms with van der Waals surface area (Å²) >= 11 is 0. The van der Waals surface area contributed by atoms with Crippen molar-refractivity contribution in [1.82, 2.24) is 19.8 Å². The molecule has 9 heteroatoms. The lowest BCUT2D eigenvalue weighted by molar-refractivity contribution is -0.131. The smallest absolute Gasteiger partial charge is 0.274 e. The molecule has 1 aliphatic rings. The van der Waals surface area contributed by atoms with Gasteiger partial charge in [0.25, 0.3) is 5.91 Å². The van der Waals surface area contributed by atoms with Crippen LogP contribution in [0.5, 0.6) is 5.75 Å². The number of halogens is 1. The Morgan fingerprint density at radius 1 is 0.972 bits per heavy atom. The molecule has 0 atom stereocenters. The number of carbonyl (C=O) groups is 2. The van der Waals surface area contributed by atoms with E-state index in [0.717, 1.165) is 30.1 Å². The van der Waals surface area contributed by atoms with Crippen LogP contribution < -0.4 is 9.64 Å². The van der Waals surface area contributed by atoms with Gasteiger partial charge >= 0.3 is 0 Å². The molecule has 188 valence electrons. The van der Waals surface area contributed by atoms with Crippen LogP contribution in [0.4, 0.5) is 10.1 Å². The van der Waals surface area contributed by atoms with E-state index in [2.05, 4.69) is 14.9 Å². The number of aryl methyl sites for hydroxylation is 1. The van der Waals surface area contributed by atoms with Crippen LogP contribution in [0, 0.1) is 12.7 Å². The van der Waals surface area contributed by atoms with Crippen molar-refractivity contribution in [3.63, 3.8) is 0 Å². The van der Waals surface area contributed by atoms with Crippen LogP contribution in [0.2, 0.25) is 0 Å². The molecule has 1 aliphatic heterocycles. The van der Waals surface area contributed by atoms with Gasteiger partial charge in [-0.1, -0.05) is 12.1 Å². The lowest BCUT2D eigenvalue weighted by atomic mass is 10.2. The van der Waals surface area contributed by atoms with Gasteiger partial charge in [0.15, 0.2) is 0 Å². The van der Waals surface area contributed by atoms with Gasteiger partial charge in [0.2, 0.25) is 5.91 Å². The first-order valence-electron chi connectivity index (χ1n) is 11.9. The maximum atomic E-state index is 13.4. The highest BCUT2D eigenvalue weighted by molar-refractivity contribution is 5.92. The van der Waals surface area contributed by atoms with Crippen molar-refractivity contribution < 1.29 is 18.7 Å². The number of aromatic nitrogens is 2. The summed E-state index contributed by atoms with van der Waals surface area (Å²) in [4.78, 5) is 40.2. The van der Waals surface area contributed by atoms with Crippen LogP contribution in [-0.4, -0.2) is 71.4 Å². The molecule has 1 saturated heterocycles. The fourth-order valence-electron chi connectivity index (χ4n) is 4.12. The number of piperazine rings is 1. The summed E-state index contributed by atoms with van der Waals surface area (Å²) in [5, 5.41) is 0. The first-order valence-corrected chi connectivity index (χ1v) is 11.9. The summed E-state index contributed by atoms with van der Waals surface area (Å²) in [6.07, 6.45) is 3.17. The molecule has 0 aliphatic carbocycles. The topological polar surface area (TPSA) is 78.9 Å². The van der Waals surface area contributed by atoms with Crippen molar-refractivity contribution >= 4 is 17.5 Å². The van der Waals surface area contributed by atoms with E-state index in [1.54, 1.807) is 31.1 Å². The van der Waals surface area contributed by atoms with E-state index in [4.69, 9.17) is 4.74 Å². The molecule has 2 amide bonds. The Hall–Kier alpha value is -4.01. The zero-order valence-corrected chi connectivity index (χ0v) is 20.6. The SMILES string of the molecule is COc1ccc(N2CCN(C(=O)CCN(Cc3ccc(F)cc3)C(=O)c3cnc(C)cn3)CC2)cc1. The van der Waals surface area contributed by atoms with E-state index < -0.39 is 0 Å². The van der Waals surface area contributed by atoms with E-state index in [1.807, 2.05) is 29.2 Å². The highest BCUT2D eigenvalue weighted by Crippen LogP contribution is 2.21. The van der Waals surface area contributed by atoms with Crippen LogP contribution in [-0.2, 0) is 11.3 Å². The maximum Gasteiger partial charge on any atom is 0.274 e. The molecule has 2 heterocycles. The minimum Gasteiger partial charge on any atom is -0.497 e. The molecule has 4 rings (SSSR count). The second kappa shape index (κ2) is 11.6. The van der Waals surface area contributed by atoms with Gasteiger partial charge in [0.1, 0.15) is 17.3 Å². The van der Waals surface area contributed by atoms with Gasteiger partial charge in [-0.3, -0.25) is 14.6 Å². The minimum absolute atomic E-state index is 0.00345. The zero-order chi connectivity index (χ0) is 25.5. The van der Waals surface area contributed by atoms with Crippen LogP contribution >= 0.6 is 0 Å². The molecule has 1 fully saturated rings. The summed E-state index contributed by atoms with van der Waals surface area (Å²) in [6.45, 7) is 4.95. The summed E-state index contributed by atoms with van der Waals surface area (Å²) in [5.74, 6) is 0.147. The quantitative estimate of drug-likeness (QED) is 0.481. The molecule has 0 radical (unpaired) electrons. The summed E-state index contributed by atoms with van der Waals surface area (Å²) in [6, 6.07) is 13.9. The van der Waals surface area contributed by atoms with E-state index in [1.165, 1.54) is 24.5 Å². The van der Waals surface area contributed by atoms with Crippen molar-refractivity contribution in [3.8, 4) is 5.75 Å². The fourth-order valence-corrected chi connectivity index (χ4v) is 4.12. The van der Waals surface area contributed by atoms with Crippen LogP contribution in [0.1, 0.15) is 28.2 Å². The summed E-state index contributed by atoms with van der Waals surface area (Å²) in [5.41, 5.74) is 2.78. The standard InChI is InChI=1S/C27H30FN5O3/c1-20-17-30-25(18-29-20)27(35)33(19-21-3-5-22(28)6-4-21)12-11-26(34)32-15-13-31(14-16-32)23-7-9-24(36-2)10-8-23/h3-10,17-18H,11-16,19H2,1-2H3. The number of nitrogens with zero attached hydrogens (tertiary/aromatic N) is 5. The molecule has 0 saturated carbocycles.